The minimum atomic E-state index is 0.00999. The van der Waals surface area contributed by atoms with E-state index in [1.165, 1.54) is 11.1 Å². The number of methoxy groups -OCH3 is 2. The lowest BCUT2D eigenvalue weighted by Gasteiger charge is -2.22. The fourth-order valence-corrected chi connectivity index (χ4v) is 2.88. The number of fused-ring (bicyclic) bond motifs is 1. The molecule has 0 fully saturated rings. The molecule has 0 saturated heterocycles. The normalized spacial score (nSPS) is 16.8. The van der Waals surface area contributed by atoms with Crippen LogP contribution in [-0.4, -0.2) is 43.8 Å². The molecule has 1 aromatic carbocycles. The maximum atomic E-state index is 5.91. The van der Waals surface area contributed by atoms with Crippen molar-refractivity contribution in [1.29, 1.82) is 0 Å². The molecule has 1 unspecified atom stereocenters. The summed E-state index contributed by atoms with van der Waals surface area (Å²) in [4.78, 5) is 0. The van der Waals surface area contributed by atoms with E-state index in [-0.39, 0.29) is 6.10 Å². The number of hydrogen-bond donors (Lipinski definition) is 1. The van der Waals surface area contributed by atoms with E-state index in [0.29, 0.717) is 6.61 Å². The molecular formula is C18H25N3O3. The predicted octanol–water partition coefficient (Wildman–Crippen LogP) is 1.94. The van der Waals surface area contributed by atoms with Crippen LogP contribution in [0.25, 0.3) is 0 Å². The minimum Gasteiger partial charge on any atom is -0.497 e. The van der Waals surface area contributed by atoms with Gasteiger partial charge in [0.2, 0.25) is 0 Å². The lowest BCUT2D eigenvalue weighted by molar-refractivity contribution is 0.0392. The summed E-state index contributed by atoms with van der Waals surface area (Å²) in [6.45, 7) is 3.74. The van der Waals surface area contributed by atoms with Crippen LogP contribution in [-0.2, 0) is 29.0 Å². The number of ether oxygens (including phenoxy) is 3. The molecule has 0 aliphatic carbocycles. The van der Waals surface area contributed by atoms with Gasteiger partial charge in [0.25, 0.3) is 0 Å². The number of nitrogens with zero attached hydrogens (tertiary/aromatic N) is 2. The molecule has 6 heteroatoms. The summed E-state index contributed by atoms with van der Waals surface area (Å²) < 4.78 is 18.2. The molecule has 130 valence electrons. The fraction of sp³-hybridized carbons (Fsp3) is 0.500. The van der Waals surface area contributed by atoms with Gasteiger partial charge in [0, 0.05) is 26.4 Å². The standard InChI is InChI=1S/C18H25N3O3/c1-22-10-8-21-13-15-7-9-24-17(18(15)20-21)12-19-11-14-3-5-16(23-2)6-4-14/h3-6,13,17,19H,7-12H2,1-2H3. The molecule has 0 radical (unpaired) electrons. The zero-order valence-electron chi connectivity index (χ0n) is 14.3. The Hall–Kier alpha value is -1.89. The fourth-order valence-electron chi connectivity index (χ4n) is 2.88. The highest BCUT2D eigenvalue weighted by Gasteiger charge is 2.24. The van der Waals surface area contributed by atoms with Crippen LogP contribution in [0.5, 0.6) is 5.75 Å². The van der Waals surface area contributed by atoms with E-state index < -0.39 is 0 Å². The number of aromatic nitrogens is 2. The number of hydrogen-bond acceptors (Lipinski definition) is 5. The summed E-state index contributed by atoms with van der Waals surface area (Å²) in [5, 5.41) is 8.14. The van der Waals surface area contributed by atoms with Crippen LogP contribution in [0.1, 0.15) is 22.9 Å². The molecule has 1 aromatic heterocycles. The Balaban J connectivity index is 1.55. The summed E-state index contributed by atoms with van der Waals surface area (Å²) in [5.74, 6) is 0.876. The average molecular weight is 331 g/mol. The van der Waals surface area contributed by atoms with Crippen molar-refractivity contribution in [2.24, 2.45) is 0 Å². The highest BCUT2D eigenvalue weighted by atomic mass is 16.5. The summed E-state index contributed by atoms with van der Waals surface area (Å²) >= 11 is 0. The molecule has 0 spiro atoms. The molecule has 1 aliphatic rings. The van der Waals surface area contributed by atoms with Gasteiger partial charge >= 0.3 is 0 Å². The van der Waals surface area contributed by atoms with Gasteiger partial charge in [-0.25, -0.2) is 0 Å². The Bertz CT molecular complexity index is 639. The molecule has 1 aliphatic heterocycles. The Morgan fingerprint density at radius 3 is 2.88 bits per heavy atom. The molecule has 1 atom stereocenters. The quantitative estimate of drug-likeness (QED) is 0.801. The van der Waals surface area contributed by atoms with Crippen LogP contribution in [0.4, 0.5) is 0 Å². The van der Waals surface area contributed by atoms with Gasteiger partial charge in [-0.1, -0.05) is 12.1 Å². The van der Waals surface area contributed by atoms with E-state index in [2.05, 4.69) is 28.7 Å². The third-order valence-electron chi connectivity index (χ3n) is 4.21. The Kier molecular flexibility index (Phi) is 5.85. The lowest BCUT2D eigenvalue weighted by Crippen LogP contribution is -2.27. The van der Waals surface area contributed by atoms with Crippen molar-refractivity contribution in [3.05, 3.63) is 47.3 Å². The summed E-state index contributed by atoms with van der Waals surface area (Å²) in [6.07, 6.45) is 3.06. The Morgan fingerprint density at radius 2 is 2.12 bits per heavy atom. The SMILES string of the molecule is COCCn1cc2c(n1)C(CNCc1ccc(OC)cc1)OCC2. The molecule has 3 rings (SSSR count). The second-order valence-corrected chi connectivity index (χ2v) is 5.88. The van der Waals surface area contributed by atoms with Crippen LogP contribution in [0.3, 0.4) is 0 Å². The lowest BCUT2D eigenvalue weighted by atomic mass is 10.1. The highest BCUT2D eigenvalue weighted by molar-refractivity contribution is 5.27. The Morgan fingerprint density at radius 1 is 1.29 bits per heavy atom. The average Bonchev–Trinajstić information content (AvgIpc) is 3.04. The first-order valence-electron chi connectivity index (χ1n) is 8.30. The van der Waals surface area contributed by atoms with Crippen LogP contribution in [0.2, 0.25) is 0 Å². The van der Waals surface area contributed by atoms with Gasteiger partial charge in [0.15, 0.2) is 0 Å². The van der Waals surface area contributed by atoms with E-state index in [0.717, 1.165) is 44.1 Å². The van der Waals surface area contributed by atoms with E-state index in [4.69, 9.17) is 14.2 Å². The Labute approximate surface area is 142 Å². The first kappa shape index (κ1) is 17.0. The third-order valence-corrected chi connectivity index (χ3v) is 4.21. The van der Waals surface area contributed by atoms with Crippen LogP contribution < -0.4 is 10.1 Å². The van der Waals surface area contributed by atoms with Crippen molar-refractivity contribution in [2.45, 2.75) is 25.6 Å². The summed E-state index contributed by atoms with van der Waals surface area (Å²) in [5.41, 5.74) is 3.56. The molecule has 6 nitrogen and oxygen atoms in total. The monoisotopic (exact) mass is 331 g/mol. The van der Waals surface area contributed by atoms with Gasteiger partial charge in [0.1, 0.15) is 11.9 Å². The van der Waals surface area contributed by atoms with Crippen LogP contribution in [0.15, 0.2) is 30.5 Å². The summed E-state index contributed by atoms with van der Waals surface area (Å²) in [6, 6.07) is 8.09. The van der Waals surface area contributed by atoms with Crippen molar-refractivity contribution in [3.63, 3.8) is 0 Å². The molecule has 24 heavy (non-hydrogen) atoms. The number of benzene rings is 1. The van der Waals surface area contributed by atoms with Gasteiger partial charge in [-0.2, -0.15) is 5.10 Å². The number of rotatable bonds is 8. The van der Waals surface area contributed by atoms with Crippen molar-refractivity contribution < 1.29 is 14.2 Å². The first-order chi connectivity index (χ1) is 11.8. The smallest absolute Gasteiger partial charge is 0.118 e. The molecule has 2 aromatic rings. The molecule has 1 N–H and O–H groups in total. The minimum absolute atomic E-state index is 0.00999. The van der Waals surface area contributed by atoms with Gasteiger partial charge < -0.3 is 19.5 Å². The second-order valence-electron chi connectivity index (χ2n) is 5.88. The van der Waals surface area contributed by atoms with E-state index in [1.807, 2.05) is 16.8 Å². The zero-order chi connectivity index (χ0) is 16.8. The highest BCUT2D eigenvalue weighted by Crippen LogP contribution is 2.25. The first-order valence-corrected chi connectivity index (χ1v) is 8.30. The van der Waals surface area contributed by atoms with Crippen molar-refractivity contribution in [3.8, 4) is 5.75 Å². The predicted molar refractivity (Wildman–Crippen MR) is 91.2 cm³/mol. The van der Waals surface area contributed by atoms with Gasteiger partial charge in [-0.05, 0) is 29.7 Å². The van der Waals surface area contributed by atoms with Crippen LogP contribution in [0, 0.1) is 0 Å². The van der Waals surface area contributed by atoms with Gasteiger partial charge in [-0.15, -0.1) is 0 Å². The third kappa shape index (κ3) is 4.14. The van der Waals surface area contributed by atoms with Gasteiger partial charge in [0.05, 0.1) is 32.6 Å². The molecule has 0 amide bonds. The van der Waals surface area contributed by atoms with E-state index in [9.17, 15) is 0 Å². The number of nitrogens with one attached hydrogen (secondary N) is 1. The molecule has 2 heterocycles. The van der Waals surface area contributed by atoms with E-state index >= 15 is 0 Å². The maximum absolute atomic E-state index is 5.91. The van der Waals surface area contributed by atoms with Crippen molar-refractivity contribution >= 4 is 0 Å². The van der Waals surface area contributed by atoms with Crippen molar-refractivity contribution in [2.75, 3.05) is 34.0 Å². The zero-order valence-corrected chi connectivity index (χ0v) is 14.3. The van der Waals surface area contributed by atoms with Crippen LogP contribution >= 0.6 is 0 Å². The molecule has 0 saturated carbocycles. The molecule has 0 bridgehead atoms. The topological polar surface area (TPSA) is 57.5 Å². The second kappa shape index (κ2) is 8.28. The maximum Gasteiger partial charge on any atom is 0.118 e. The van der Waals surface area contributed by atoms with Crippen molar-refractivity contribution in [1.82, 2.24) is 15.1 Å². The summed E-state index contributed by atoms with van der Waals surface area (Å²) in [7, 11) is 3.38. The van der Waals surface area contributed by atoms with Gasteiger partial charge in [-0.3, -0.25) is 4.68 Å². The van der Waals surface area contributed by atoms with E-state index in [1.54, 1.807) is 14.2 Å². The molecular weight excluding hydrogens is 306 g/mol. The largest absolute Gasteiger partial charge is 0.497 e.